The highest BCUT2D eigenvalue weighted by molar-refractivity contribution is 7.89. The molecule has 0 bridgehead atoms. The summed E-state index contributed by atoms with van der Waals surface area (Å²) in [6.45, 7) is 3.60. The van der Waals surface area contributed by atoms with Crippen LogP contribution in [0.25, 0.3) is 0 Å². The van der Waals surface area contributed by atoms with Gasteiger partial charge in [-0.3, -0.25) is 10.1 Å². The fourth-order valence-corrected chi connectivity index (χ4v) is 3.08. The number of aryl methyl sites for hydroxylation is 1. The number of hydrogen-bond donors (Lipinski definition) is 2. The molecule has 2 rings (SSSR count). The molecule has 24 heavy (non-hydrogen) atoms. The summed E-state index contributed by atoms with van der Waals surface area (Å²) >= 11 is 0. The van der Waals surface area contributed by atoms with Gasteiger partial charge in [-0.25, -0.2) is 13.1 Å². The molecule has 8 heteroatoms. The van der Waals surface area contributed by atoms with Crippen molar-refractivity contribution in [3.63, 3.8) is 0 Å². The van der Waals surface area contributed by atoms with Gasteiger partial charge in [0.15, 0.2) is 0 Å². The summed E-state index contributed by atoms with van der Waals surface area (Å²) in [6.07, 6.45) is 0. The van der Waals surface area contributed by atoms with E-state index >= 15 is 0 Å². The Labute approximate surface area is 140 Å². The Balaban J connectivity index is 2.33. The van der Waals surface area contributed by atoms with Crippen molar-refractivity contribution in [1.82, 2.24) is 4.72 Å². The maximum Gasteiger partial charge on any atom is 0.292 e. The number of nitrogens with one attached hydrogen (secondary N) is 2. The summed E-state index contributed by atoms with van der Waals surface area (Å²) in [6, 6.07) is 11.1. The van der Waals surface area contributed by atoms with Crippen molar-refractivity contribution in [2.75, 3.05) is 12.4 Å². The van der Waals surface area contributed by atoms with E-state index in [1.54, 1.807) is 37.3 Å². The number of nitro groups is 1. The minimum absolute atomic E-state index is 0.0131. The summed E-state index contributed by atoms with van der Waals surface area (Å²) in [4.78, 5) is 10.9. The van der Waals surface area contributed by atoms with E-state index in [1.165, 1.54) is 19.2 Å². The summed E-state index contributed by atoms with van der Waals surface area (Å²) < 4.78 is 26.1. The molecule has 0 aromatic heterocycles. The molecular formula is C16H19N3O4S. The van der Waals surface area contributed by atoms with E-state index in [9.17, 15) is 18.5 Å². The molecule has 0 heterocycles. The van der Waals surface area contributed by atoms with Gasteiger partial charge in [0, 0.05) is 12.1 Å². The normalized spacial score (nSPS) is 12.6. The quantitative estimate of drug-likeness (QED) is 0.617. The number of rotatable bonds is 6. The van der Waals surface area contributed by atoms with Crippen molar-refractivity contribution < 1.29 is 13.3 Å². The van der Waals surface area contributed by atoms with Crippen LogP contribution in [0.5, 0.6) is 0 Å². The van der Waals surface area contributed by atoms with E-state index in [-0.39, 0.29) is 16.6 Å². The lowest BCUT2D eigenvalue weighted by Gasteiger charge is -2.17. The van der Waals surface area contributed by atoms with Crippen molar-refractivity contribution in [2.24, 2.45) is 0 Å². The lowest BCUT2D eigenvalue weighted by Crippen LogP contribution is -2.19. The Morgan fingerprint density at radius 2 is 1.88 bits per heavy atom. The van der Waals surface area contributed by atoms with Crippen molar-refractivity contribution in [1.29, 1.82) is 0 Å². The summed E-state index contributed by atoms with van der Waals surface area (Å²) in [5.74, 6) is 0. The Bertz CT molecular complexity index is 865. The van der Waals surface area contributed by atoms with Gasteiger partial charge < -0.3 is 5.32 Å². The Kier molecular flexibility index (Phi) is 5.20. The van der Waals surface area contributed by atoms with Crippen LogP contribution in [0.4, 0.5) is 11.4 Å². The predicted molar refractivity (Wildman–Crippen MR) is 92.6 cm³/mol. The van der Waals surface area contributed by atoms with Crippen molar-refractivity contribution in [3.05, 3.63) is 63.7 Å². The lowest BCUT2D eigenvalue weighted by atomic mass is 10.1. The van der Waals surface area contributed by atoms with Crippen LogP contribution in [-0.4, -0.2) is 20.4 Å². The van der Waals surface area contributed by atoms with E-state index in [0.29, 0.717) is 11.3 Å². The maximum atomic E-state index is 11.9. The van der Waals surface area contributed by atoms with E-state index in [0.717, 1.165) is 5.56 Å². The van der Waals surface area contributed by atoms with Crippen molar-refractivity contribution in [3.8, 4) is 0 Å². The average Bonchev–Trinajstić information content (AvgIpc) is 2.56. The number of hydrogen-bond acceptors (Lipinski definition) is 5. The molecule has 128 valence electrons. The van der Waals surface area contributed by atoms with E-state index in [1.807, 2.05) is 6.92 Å². The first-order chi connectivity index (χ1) is 11.2. The van der Waals surface area contributed by atoms with Crippen LogP contribution in [-0.2, 0) is 10.0 Å². The summed E-state index contributed by atoms with van der Waals surface area (Å²) in [7, 11) is -2.19. The van der Waals surface area contributed by atoms with Gasteiger partial charge in [-0.2, -0.15) is 0 Å². The van der Waals surface area contributed by atoms with Crippen LogP contribution >= 0.6 is 0 Å². The van der Waals surface area contributed by atoms with Gasteiger partial charge in [0.25, 0.3) is 5.69 Å². The van der Waals surface area contributed by atoms with Gasteiger partial charge in [0.1, 0.15) is 5.69 Å². The molecule has 1 atom stereocenters. The molecule has 0 radical (unpaired) electrons. The highest BCUT2D eigenvalue weighted by atomic mass is 32.2. The van der Waals surface area contributed by atoms with Crippen molar-refractivity contribution in [2.45, 2.75) is 24.8 Å². The average molecular weight is 349 g/mol. The molecule has 2 aromatic carbocycles. The summed E-state index contributed by atoms with van der Waals surface area (Å²) in [5, 5.41) is 14.3. The van der Waals surface area contributed by atoms with E-state index in [2.05, 4.69) is 10.0 Å². The third-order valence-electron chi connectivity index (χ3n) is 3.66. The number of nitrogens with zero attached hydrogens (tertiary/aromatic N) is 1. The Morgan fingerprint density at radius 1 is 1.17 bits per heavy atom. The number of sulfonamides is 1. The second kappa shape index (κ2) is 6.98. The molecular weight excluding hydrogens is 330 g/mol. The van der Waals surface area contributed by atoms with Gasteiger partial charge in [-0.1, -0.05) is 18.2 Å². The lowest BCUT2D eigenvalue weighted by molar-refractivity contribution is -0.384. The largest absolute Gasteiger partial charge is 0.373 e. The second-order valence-electron chi connectivity index (χ2n) is 5.42. The first kappa shape index (κ1) is 17.9. The standard InChI is InChI=1S/C16H19N3O4S/c1-11-7-8-15(16(9-11)19(20)21)18-12(2)13-5-4-6-14(10-13)24(22,23)17-3/h4-10,12,17-18H,1-3H3. The molecule has 2 aromatic rings. The second-order valence-corrected chi connectivity index (χ2v) is 7.31. The third-order valence-corrected chi connectivity index (χ3v) is 5.07. The van der Waals surface area contributed by atoms with Gasteiger partial charge in [-0.15, -0.1) is 0 Å². The van der Waals surface area contributed by atoms with Gasteiger partial charge >= 0.3 is 0 Å². The molecule has 0 saturated carbocycles. The zero-order valence-corrected chi connectivity index (χ0v) is 14.4. The van der Waals surface area contributed by atoms with Gasteiger partial charge in [0.2, 0.25) is 10.0 Å². The summed E-state index contributed by atoms with van der Waals surface area (Å²) in [5.41, 5.74) is 1.88. The van der Waals surface area contributed by atoms with Crippen LogP contribution < -0.4 is 10.0 Å². The Hall–Kier alpha value is -2.45. The van der Waals surface area contributed by atoms with E-state index in [4.69, 9.17) is 0 Å². The highest BCUT2D eigenvalue weighted by Gasteiger charge is 2.18. The fourth-order valence-electron chi connectivity index (χ4n) is 2.30. The zero-order valence-electron chi connectivity index (χ0n) is 13.6. The fraction of sp³-hybridized carbons (Fsp3) is 0.250. The monoisotopic (exact) mass is 349 g/mol. The highest BCUT2D eigenvalue weighted by Crippen LogP contribution is 2.29. The van der Waals surface area contributed by atoms with Gasteiger partial charge in [-0.05, 0) is 50.2 Å². The molecule has 0 amide bonds. The maximum absolute atomic E-state index is 11.9. The minimum Gasteiger partial charge on any atom is -0.373 e. The van der Waals surface area contributed by atoms with E-state index < -0.39 is 14.9 Å². The molecule has 0 aliphatic carbocycles. The minimum atomic E-state index is -3.54. The number of benzene rings is 2. The number of nitro benzene ring substituents is 1. The van der Waals surface area contributed by atoms with Crippen molar-refractivity contribution >= 4 is 21.4 Å². The van der Waals surface area contributed by atoms with Crippen LogP contribution in [0.1, 0.15) is 24.1 Å². The number of anilines is 1. The molecule has 7 nitrogen and oxygen atoms in total. The molecule has 0 aliphatic rings. The molecule has 0 fully saturated rings. The zero-order chi connectivity index (χ0) is 17.9. The van der Waals surface area contributed by atoms with Crippen LogP contribution in [0.2, 0.25) is 0 Å². The smallest absolute Gasteiger partial charge is 0.292 e. The third kappa shape index (κ3) is 3.90. The molecule has 1 unspecified atom stereocenters. The van der Waals surface area contributed by atoms with Crippen LogP contribution in [0.3, 0.4) is 0 Å². The van der Waals surface area contributed by atoms with Gasteiger partial charge in [0.05, 0.1) is 9.82 Å². The van der Waals surface area contributed by atoms with Crippen LogP contribution in [0.15, 0.2) is 47.4 Å². The van der Waals surface area contributed by atoms with Crippen LogP contribution in [0, 0.1) is 17.0 Å². The Morgan fingerprint density at radius 3 is 2.50 bits per heavy atom. The first-order valence-corrected chi connectivity index (χ1v) is 8.78. The topological polar surface area (TPSA) is 101 Å². The first-order valence-electron chi connectivity index (χ1n) is 7.29. The molecule has 2 N–H and O–H groups in total. The molecule has 0 saturated heterocycles. The molecule has 0 aliphatic heterocycles. The SMILES string of the molecule is CNS(=O)(=O)c1cccc(C(C)Nc2ccc(C)cc2[N+](=O)[O-])c1. The predicted octanol–water partition coefficient (Wildman–Crippen LogP) is 2.98. The molecule has 0 spiro atoms.